The Morgan fingerprint density at radius 3 is 2.69 bits per heavy atom. The number of fused-ring (bicyclic) bond motifs is 6. The Morgan fingerprint density at radius 1 is 0.938 bits per heavy atom. The van der Waals surface area contributed by atoms with E-state index in [0.29, 0.717) is 5.69 Å². The molecule has 2 aromatic heterocycles. The molecule has 1 aliphatic carbocycles. The van der Waals surface area contributed by atoms with Gasteiger partial charge >= 0.3 is 0 Å². The van der Waals surface area contributed by atoms with Gasteiger partial charge in [-0.05, 0) is 52.4 Å². The number of pyridine rings is 1. The smallest absolute Gasteiger partial charge is 0.292 e. The van der Waals surface area contributed by atoms with E-state index in [0.717, 1.165) is 33.8 Å². The van der Waals surface area contributed by atoms with Crippen molar-refractivity contribution in [3.8, 4) is 11.1 Å². The van der Waals surface area contributed by atoms with Crippen LogP contribution in [-0.4, -0.2) is 34.1 Å². The zero-order valence-electron chi connectivity index (χ0n) is 17.5. The van der Waals surface area contributed by atoms with E-state index in [4.69, 9.17) is 0 Å². The van der Waals surface area contributed by atoms with E-state index in [1.165, 1.54) is 27.3 Å². The van der Waals surface area contributed by atoms with Crippen molar-refractivity contribution in [3.63, 3.8) is 0 Å². The highest BCUT2D eigenvalue weighted by atomic mass is 16.2. The lowest BCUT2D eigenvalue weighted by molar-refractivity contribution is 0.0794. The molecule has 0 radical (unpaired) electrons. The third-order valence-electron chi connectivity index (χ3n) is 6.10. The molecule has 1 aliphatic rings. The summed E-state index contributed by atoms with van der Waals surface area (Å²) in [5.41, 5.74) is 8.49. The van der Waals surface area contributed by atoms with Gasteiger partial charge in [-0.15, -0.1) is 0 Å². The number of aromatic amines is 1. The number of hydrogen-bond donors (Lipinski definition) is 1. The van der Waals surface area contributed by atoms with E-state index in [2.05, 4.69) is 51.5 Å². The van der Waals surface area contributed by atoms with Gasteiger partial charge in [0.1, 0.15) is 5.69 Å². The van der Waals surface area contributed by atoms with Gasteiger partial charge < -0.3 is 4.98 Å². The Morgan fingerprint density at radius 2 is 1.75 bits per heavy atom. The molecule has 5 nitrogen and oxygen atoms in total. The predicted octanol–water partition coefficient (Wildman–Crippen LogP) is 5.39. The Kier molecular flexibility index (Phi) is 4.15. The Bertz CT molecular complexity index is 1550. The minimum absolute atomic E-state index is 0.248. The molecule has 0 atom stereocenters. The van der Waals surface area contributed by atoms with Crippen LogP contribution in [0, 0.1) is 0 Å². The van der Waals surface area contributed by atoms with Crippen LogP contribution in [0.1, 0.15) is 27.2 Å². The van der Waals surface area contributed by atoms with Crippen molar-refractivity contribution in [2.75, 3.05) is 7.05 Å². The largest absolute Gasteiger partial charge is 0.353 e. The Hall–Kier alpha value is -4.25. The van der Waals surface area contributed by atoms with Crippen molar-refractivity contribution in [2.45, 2.75) is 6.42 Å². The summed E-state index contributed by atoms with van der Waals surface area (Å²) in [5, 5.41) is 7.78. The van der Waals surface area contributed by atoms with Crippen LogP contribution in [0.2, 0.25) is 0 Å². The van der Waals surface area contributed by atoms with E-state index in [1.54, 1.807) is 19.5 Å². The molecule has 0 spiro atoms. The van der Waals surface area contributed by atoms with Gasteiger partial charge in [-0.2, -0.15) is 5.10 Å². The maximum Gasteiger partial charge on any atom is 0.292 e. The molecule has 6 rings (SSSR count). The fourth-order valence-corrected chi connectivity index (χ4v) is 4.48. The number of H-pyrrole nitrogens is 1. The summed E-state index contributed by atoms with van der Waals surface area (Å²) in [6.45, 7) is 0. The van der Waals surface area contributed by atoms with Gasteiger partial charge in [0, 0.05) is 23.3 Å². The van der Waals surface area contributed by atoms with E-state index in [9.17, 15) is 4.79 Å². The number of carbonyl (C=O) groups is 1. The first-order chi connectivity index (χ1) is 15.7. The van der Waals surface area contributed by atoms with Gasteiger partial charge in [0.05, 0.1) is 17.9 Å². The van der Waals surface area contributed by atoms with Crippen LogP contribution in [0.15, 0.2) is 84.1 Å². The fraction of sp³-hybridized carbons (Fsp3) is 0.0741. The number of amides is 1. The van der Waals surface area contributed by atoms with Crippen LogP contribution < -0.4 is 0 Å². The lowest BCUT2D eigenvalue weighted by Gasteiger charge is -2.10. The molecule has 32 heavy (non-hydrogen) atoms. The van der Waals surface area contributed by atoms with Crippen LogP contribution >= 0.6 is 0 Å². The molecule has 5 aromatic rings. The summed E-state index contributed by atoms with van der Waals surface area (Å²) in [5.74, 6) is -0.248. The Labute approximate surface area is 185 Å². The van der Waals surface area contributed by atoms with Crippen molar-refractivity contribution >= 4 is 33.9 Å². The molecule has 2 heterocycles. The molecule has 1 N–H and O–H groups in total. The third kappa shape index (κ3) is 2.98. The van der Waals surface area contributed by atoms with Crippen molar-refractivity contribution in [1.29, 1.82) is 0 Å². The number of para-hydroxylation sites is 1. The normalized spacial score (nSPS) is 12.4. The number of carbonyl (C=O) groups excluding carboxylic acids is 1. The first kappa shape index (κ1) is 18.5. The number of aromatic nitrogens is 2. The van der Waals surface area contributed by atoms with Crippen molar-refractivity contribution < 1.29 is 4.79 Å². The molecule has 0 aliphatic heterocycles. The van der Waals surface area contributed by atoms with E-state index in [-0.39, 0.29) is 5.91 Å². The second kappa shape index (κ2) is 7.17. The maximum absolute atomic E-state index is 12.9. The molecule has 0 saturated carbocycles. The second-order valence-electron chi connectivity index (χ2n) is 8.11. The highest BCUT2D eigenvalue weighted by Crippen LogP contribution is 2.36. The fourth-order valence-electron chi connectivity index (χ4n) is 4.48. The number of nitrogens with one attached hydrogen (secondary N) is 1. The van der Waals surface area contributed by atoms with E-state index >= 15 is 0 Å². The highest BCUT2D eigenvalue weighted by Gasteiger charge is 2.18. The standard InChI is InChI=1S/C27H20N4O/c1-31(27(32)25-14-23-22-8-4-5-9-24(22)30-26(23)16-28-25)29-15-17-10-11-21-19(12-17)13-18-6-2-3-7-20(18)21/h2-12,14-16,30H,13H2,1H3/b29-15+. The minimum atomic E-state index is -0.248. The first-order valence-electron chi connectivity index (χ1n) is 10.6. The number of benzene rings is 3. The number of rotatable bonds is 3. The van der Waals surface area contributed by atoms with Crippen LogP contribution in [0.25, 0.3) is 32.9 Å². The topological polar surface area (TPSA) is 61.4 Å². The molecule has 0 saturated heterocycles. The number of hydrogen-bond acceptors (Lipinski definition) is 3. The molecule has 154 valence electrons. The van der Waals surface area contributed by atoms with Gasteiger partial charge in [0.25, 0.3) is 5.91 Å². The summed E-state index contributed by atoms with van der Waals surface area (Å²) in [4.78, 5) is 20.6. The zero-order chi connectivity index (χ0) is 21.7. The summed E-state index contributed by atoms with van der Waals surface area (Å²) < 4.78 is 0. The van der Waals surface area contributed by atoms with Gasteiger partial charge in [0.2, 0.25) is 0 Å². The molecule has 0 fully saturated rings. The van der Waals surface area contributed by atoms with Crippen LogP contribution in [0.4, 0.5) is 0 Å². The first-order valence-corrected chi connectivity index (χ1v) is 10.6. The van der Waals surface area contributed by atoms with Crippen molar-refractivity contribution in [1.82, 2.24) is 15.0 Å². The van der Waals surface area contributed by atoms with E-state index in [1.807, 2.05) is 36.4 Å². The quantitative estimate of drug-likeness (QED) is 0.310. The lowest BCUT2D eigenvalue weighted by Crippen LogP contribution is -2.22. The average Bonchev–Trinajstić information content (AvgIpc) is 3.39. The molecular weight excluding hydrogens is 396 g/mol. The SMILES string of the molecule is CN(/N=C/c1ccc2c(c1)Cc1ccccc1-2)C(=O)c1cc2c(cn1)[nH]c1ccccc12. The minimum Gasteiger partial charge on any atom is -0.353 e. The van der Waals surface area contributed by atoms with E-state index < -0.39 is 0 Å². The van der Waals surface area contributed by atoms with Gasteiger partial charge in [-0.1, -0.05) is 54.6 Å². The summed E-state index contributed by atoms with van der Waals surface area (Å²) >= 11 is 0. The van der Waals surface area contributed by atoms with Crippen LogP contribution in [-0.2, 0) is 6.42 Å². The molecule has 0 bridgehead atoms. The van der Waals surface area contributed by atoms with Gasteiger partial charge in [-0.25, -0.2) is 9.99 Å². The van der Waals surface area contributed by atoms with Crippen LogP contribution in [0.3, 0.4) is 0 Å². The predicted molar refractivity (Wildman–Crippen MR) is 128 cm³/mol. The van der Waals surface area contributed by atoms with Gasteiger partial charge in [0.15, 0.2) is 0 Å². The summed E-state index contributed by atoms with van der Waals surface area (Å²) in [7, 11) is 1.66. The van der Waals surface area contributed by atoms with Gasteiger partial charge in [-0.3, -0.25) is 4.79 Å². The summed E-state index contributed by atoms with van der Waals surface area (Å²) in [6, 6.07) is 24.7. The molecular formula is C27H20N4O. The van der Waals surface area contributed by atoms with Crippen molar-refractivity contribution in [2.24, 2.45) is 5.10 Å². The monoisotopic (exact) mass is 416 g/mol. The Balaban J connectivity index is 1.25. The second-order valence-corrected chi connectivity index (χ2v) is 8.11. The zero-order valence-corrected chi connectivity index (χ0v) is 17.5. The lowest BCUT2D eigenvalue weighted by atomic mass is 10.0. The molecule has 0 unspecified atom stereocenters. The molecule has 1 amide bonds. The number of nitrogens with zero attached hydrogens (tertiary/aromatic N) is 3. The average molecular weight is 416 g/mol. The molecule has 3 aromatic carbocycles. The summed E-state index contributed by atoms with van der Waals surface area (Å²) in [6.07, 6.45) is 4.36. The van der Waals surface area contributed by atoms with Crippen LogP contribution in [0.5, 0.6) is 0 Å². The van der Waals surface area contributed by atoms with Crippen molar-refractivity contribution in [3.05, 3.63) is 101 Å². The maximum atomic E-state index is 12.9. The third-order valence-corrected chi connectivity index (χ3v) is 6.10. The highest BCUT2D eigenvalue weighted by molar-refractivity contribution is 6.09. The number of hydrazone groups is 1. The molecule has 5 heteroatoms.